The number of hydrogen-bond donors (Lipinski definition) is 3. The molecule has 1 rings (SSSR count). The summed E-state index contributed by atoms with van der Waals surface area (Å²) in [6.07, 6.45) is -9.47. The molecule has 0 bridgehead atoms. The summed E-state index contributed by atoms with van der Waals surface area (Å²) in [4.78, 5) is 27.9. The molecule has 13 heteroatoms. The molecule has 1 fully saturated rings. The minimum atomic E-state index is -5.08. The van der Waals surface area contributed by atoms with E-state index in [1.165, 1.54) is 11.9 Å². The molecule has 0 unspecified atom stereocenters. The Morgan fingerprint density at radius 3 is 1.35 bits per heavy atom. The predicted molar refractivity (Wildman–Crippen MR) is 52.6 cm³/mol. The van der Waals surface area contributed by atoms with Crippen LogP contribution in [0.1, 0.15) is 6.42 Å². The van der Waals surface area contributed by atoms with Crippen molar-refractivity contribution >= 4 is 29.8 Å². The zero-order valence-electron chi connectivity index (χ0n) is 9.21. The molecule has 1 amide bonds. The Kier molecular flexibility index (Phi) is 8.78. The van der Waals surface area contributed by atoms with Gasteiger partial charge in [0.25, 0.3) is 0 Å². The quantitative estimate of drug-likeness (QED) is 0.458. The van der Waals surface area contributed by atoms with E-state index in [-0.39, 0.29) is 5.91 Å². The molecule has 0 spiro atoms. The molecule has 0 atom stereocenters. The topological polar surface area (TPSA) is 104 Å². The fraction of sp³-hybridized carbons (Fsp3) is 0.571. The van der Waals surface area contributed by atoms with Gasteiger partial charge in [0.1, 0.15) is 0 Å². The largest absolute Gasteiger partial charge is 0.490 e. The second-order valence-electron chi connectivity index (χ2n) is 2.73. The van der Waals surface area contributed by atoms with E-state index in [0.717, 1.165) is 5.75 Å². The third-order valence-corrected chi connectivity index (χ3v) is 1.88. The van der Waals surface area contributed by atoms with Gasteiger partial charge < -0.3 is 14.9 Å². The highest BCUT2D eigenvalue weighted by atomic mass is 32.2. The normalized spacial score (nSPS) is 14.2. The van der Waals surface area contributed by atoms with Crippen LogP contribution in [0, 0.1) is 0 Å². The van der Waals surface area contributed by atoms with Gasteiger partial charge in [0.05, 0.1) is 0 Å². The van der Waals surface area contributed by atoms with Gasteiger partial charge in [0, 0.05) is 12.2 Å². The Morgan fingerprint density at radius 1 is 1.00 bits per heavy atom. The van der Waals surface area contributed by atoms with Crippen LogP contribution in [0.5, 0.6) is 0 Å². The van der Waals surface area contributed by atoms with Crippen LogP contribution in [0.4, 0.5) is 26.3 Å². The summed E-state index contributed by atoms with van der Waals surface area (Å²) in [7, 11) is 0. The van der Waals surface area contributed by atoms with Crippen LogP contribution in [0.2, 0.25) is 0 Å². The van der Waals surface area contributed by atoms with Crippen molar-refractivity contribution in [2.75, 3.05) is 5.75 Å². The van der Waals surface area contributed by atoms with E-state index in [9.17, 15) is 31.1 Å². The van der Waals surface area contributed by atoms with Gasteiger partial charge in [0.15, 0.2) is 0 Å². The molecule has 1 heterocycles. The zero-order chi connectivity index (χ0) is 16.6. The number of carbonyl (C=O) groups excluding carboxylic acids is 1. The van der Waals surface area contributed by atoms with Crippen molar-refractivity contribution in [1.82, 2.24) is 4.72 Å². The first-order valence-corrected chi connectivity index (χ1v) is 5.28. The number of carbonyl (C=O) groups is 3. The predicted octanol–water partition coefficient (Wildman–Crippen LogP) is 1.42. The fourth-order valence-electron chi connectivity index (χ4n) is 0.326. The molecule has 0 saturated carbocycles. The number of rotatable bonds is 0. The van der Waals surface area contributed by atoms with Crippen molar-refractivity contribution in [2.45, 2.75) is 18.8 Å². The number of carboxylic acid groups (broad SMARTS) is 2. The van der Waals surface area contributed by atoms with Gasteiger partial charge in [-0.15, -0.1) is 0 Å². The average molecular weight is 331 g/mol. The maximum absolute atomic E-state index is 10.6. The van der Waals surface area contributed by atoms with E-state index in [2.05, 4.69) is 4.72 Å². The molecule has 0 aromatic heterocycles. The maximum atomic E-state index is 10.6. The molecule has 0 aliphatic carbocycles. The van der Waals surface area contributed by atoms with Crippen LogP contribution in [0.15, 0.2) is 0 Å². The highest BCUT2D eigenvalue weighted by molar-refractivity contribution is 7.98. The Labute approximate surface area is 111 Å². The van der Waals surface area contributed by atoms with Crippen molar-refractivity contribution in [3.63, 3.8) is 0 Å². The monoisotopic (exact) mass is 331 g/mol. The van der Waals surface area contributed by atoms with E-state index in [1.807, 2.05) is 0 Å². The van der Waals surface area contributed by atoms with Crippen molar-refractivity contribution in [3.8, 4) is 0 Å². The Bertz CT molecular complexity index is 323. The molecule has 1 aliphatic heterocycles. The first-order chi connectivity index (χ1) is 8.78. The van der Waals surface area contributed by atoms with Crippen LogP contribution in [0.3, 0.4) is 0 Å². The van der Waals surface area contributed by atoms with Gasteiger partial charge in [-0.3, -0.25) is 4.79 Å². The lowest BCUT2D eigenvalue weighted by Crippen LogP contribution is -2.21. The second-order valence-corrected chi connectivity index (χ2v) is 3.63. The van der Waals surface area contributed by atoms with Gasteiger partial charge in [0.2, 0.25) is 5.91 Å². The van der Waals surface area contributed by atoms with E-state index < -0.39 is 24.3 Å². The SMILES string of the molecule is O=C(O)C(F)(F)F.O=C(O)C(F)(F)F.O=C1CCSN1. The lowest BCUT2D eigenvalue weighted by Gasteiger charge is -1.93. The summed E-state index contributed by atoms with van der Waals surface area (Å²) in [6, 6.07) is 0. The fourth-order valence-corrected chi connectivity index (χ4v) is 0.979. The van der Waals surface area contributed by atoms with Crippen LogP contribution < -0.4 is 4.72 Å². The number of hydrogen-bond acceptors (Lipinski definition) is 4. The Balaban J connectivity index is 0. The lowest BCUT2D eigenvalue weighted by molar-refractivity contribution is -0.193. The van der Waals surface area contributed by atoms with E-state index in [0.29, 0.717) is 6.42 Å². The molecule has 20 heavy (non-hydrogen) atoms. The molecular formula is C7H7F6NO5S. The highest BCUT2D eigenvalue weighted by Crippen LogP contribution is 2.13. The summed E-state index contributed by atoms with van der Waals surface area (Å²) in [5.74, 6) is -4.40. The first-order valence-electron chi connectivity index (χ1n) is 4.29. The van der Waals surface area contributed by atoms with Gasteiger partial charge in [-0.1, -0.05) is 0 Å². The van der Waals surface area contributed by atoms with Crippen molar-refractivity contribution < 1.29 is 50.9 Å². The Hall–Kier alpha value is -1.66. The van der Waals surface area contributed by atoms with Crippen LogP contribution in [0.25, 0.3) is 0 Å². The summed E-state index contributed by atoms with van der Waals surface area (Å²) in [5.41, 5.74) is 0. The first kappa shape index (κ1) is 20.7. The summed E-state index contributed by atoms with van der Waals surface area (Å²) in [6.45, 7) is 0. The van der Waals surface area contributed by atoms with E-state index in [4.69, 9.17) is 19.8 Å². The third-order valence-electron chi connectivity index (χ3n) is 1.10. The summed E-state index contributed by atoms with van der Waals surface area (Å²) in [5, 5.41) is 14.2. The molecule has 3 N–H and O–H groups in total. The number of halogens is 6. The molecule has 1 aliphatic rings. The van der Waals surface area contributed by atoms with Crippen LogP contribution >= 0.6 is 11.9 Å². The standard InChI is InChI=1S/C3H5NOS.2C2HF3O2/c5-3-1-2-6-4-3;2*3-2(4,5)1(6)7/h1-2H2,(H,4,5);2*(H,6,7). The minimum absolute atomic E-state index is 0.167. The molecule has 0 radical (unpaired) electrons. The smallest absolute Gasteiger partial charge is 0.475 e. The number of nitrogens with one attached hydrogen (secondary N) is 1. The molecule has 0 aromatic rings. The van der Waals surface area contributed by atoms with Crippen LogP contribution in [-0.4, -0.2) is 46.2 Å². The van der Waals surface area contributed by atoms with Gasteiger partial charge in [-0.2, -0.15) is 26.3 Å². The lowest BCUT2D eigenvalue weighted by atomic mass is 10.5. The van der Waals surface area contributed by atoms with Gasteiger partial charge >= 0.3 is 24.3 Å². The Morgan fingerprint density at radius 2 is 1.30 bits per heavy atom. The van der Waals surface area contributed by atoms with Crippen LogP contribution in [-0.2, 0) is 14.4 Å². The number of alkyl halides is 6. The maximum Gasteiger partial charge on any atom is 0.490 e. The highest BCUT2D eigenvalue weighted by Gasteiger charge is 2.38. The van der Waals surface area contributed by atoms with E-state index in [1.54, 1.807) is 0 Å². The average Bonchev–Trinajstić information content (AvgIpc) is 2.67. The second kappa shape index (κ2) is 8.50. The number of carboxylic acids is 2. The number of amides is 1. The molecule has 1 saturated heterocycles. The molecule has 0 aromatic carbocycles. The van der Waals surface area contributed by atoms with Crippen molar-refractivity contribution in [1.29, 1.82) is 0 Å². The zero-order valence-corrected chi connectivity index (χ0v) is 10.0. The molecular weight excluding hydrogens is 324 g/mol. The van der Waals surface area contributed by atoms with Gasteiger partial charge in [-0.05, 0) is 11.9 Å². The molecule has 118 valence electrons. The third kappa shape index (κ3) is 12.8. The molecule has 6 nitrogen and oxygen atoms in total. The minimum Gasteiger partial charge on any atom is -0.475 e. The van der Waals surface area contributed by atoms with E-state index >= 15 is 0 Å². The number of aliphatic carboxylic acids is 2. The summed E-state index contributed by atoms with van der Waals surface area (Å²) < 4.78 is 66.1. The van der Waals surface area contributed by atoms with Crippen molar-refractivity contribution in [3.05, 3.63) is 0 Å². The summed E-state index contributed by atoms with van der Waals surface area (Å²) >= 11 is 1.48. The van der Waals surface area contributed by atoms with Gasteiger partial charge in [-0.25, -0.2) is 9.59 Å². The van der Waals surface area contributed by atoms with Crippen molar-refractivity contribution in [2.24, 2.45) is 0 Å².